The van der Waals surface area contributed by atoms with Gasteiger partial charge < -0.3 is 10.2 Å². The van der Waals surface area contributed by atoms with Gasteiger partial charge in [0, 0.05) is 25.3 Å². The van der Waals surface area contributed by atoms with Crippen molar-refractivity contribution in [1.82, 2.24) is 13.8 Å². The Kier molecular flexibility index (Phi) is 6.40. The second-order valence-electron chi connectivity index (χ2n) is 8.98. The molecule has 3 aromatic rings. The Bertz CT molecular complexity index is 1160. The van der Waals surface area contributed by atoms with Crippen molar-refractivity contribution in [3.05, 3.63) is 69.7 Å². The number of pyridine rings is 1. The summed E-state index contributed by atoms with van der Waals surface area (Å²) < 4.78 is 1.83. The van der Waals surface area contributed by atoms with E-state index in [4.69, 9.17) is 11.6 Å². The van der Waals surface area contributed by atoms with Gasteiger partial charge in [-0.1, -0.05) is 53.5 Å². The number of amides is 1. The average molecular weight is 471 g/mol. The van der Waals surface area contributed by atoms with Gasteiger partial charge in [-0.05, 0) is 51.3 Å². The van der Waals surface area contributed by atoms with E-state index < -0.39 is 0 Å². The van der Waals surface area contributed by atoms with Crippen molar-refractivity contribution in [2.45, 2.75) is 45.2 Å². The van der Waals surface area contributed by atoms with Crippen LogP contribution in [-0.2, 0) is 5.54 Å². The zero-order valence-electron chi connectivity index (χ0n) is 18.5. The number of likely N-dealkylation sites (tertiary alicyclic amines) is 1. The molecule has 0 unspecified atom stereocenters. The number of hydrogen-bond donors (Lipinski definition) is 1. The molecule has 3 heterocycles. The molecule has 1 N–H and O–H groups in total. The van der Waals surface area contributed by atoms with Crippen LogP contribution in [0.25, 0.3) is 10.4 Å². The minimum absolute atomic E-state index is 0.00185. The molecule has 8 heteroatoms. The van der Waals surface area contributed by atoms with Gasteiger partial charge >= 0.3 is 0 Å². The molecular weight excluding hydrogens is 444 g/mol. The van der Waals surface area contributed by atoms with Crippen LogP contribution in [0.4, 0.5) is 5.69 Å². The van der Waals surface area contributed by atoms with E-state index in [1.165, 1.54) is 11.5 Å². The molecule has 0 atom stereocenters. The Morgan fingerprint density at radius 3 is 2.44 bits per heavy atom. The lowest BCUT2D eigenvalue weighted by Gasteiger charge is -2.32. The maximum Gasteiger partial charge on any atom is 0.285 e. The number of hydrogen-bond acceptors (Lipinski definition) is 5. The Morgan fingerprint density at radius 1 is 1.12 bits per heavy atom. The lowest BCUT2D eigenvalue weighted by Crippen LogP contribution is -2.43. The number of halogens is 1. The smallest absolute Gasteiger partial charge is 0.285 e. The van der Waals surface area contributed by atoms with Crippen molar-refractivity contribution in [2.75, 3.05) is 18.4 Å². The summed E-state index contributed by atoms with van der Waals surface area (Å²) >= 11 is 7.59. The van der Waals surface area contributed by atoms with Crippen LogP contribution in [0.2, 0.25) is 5.15 Å². The highest BCUT2D eigenvalue weighted by Gasteiger charge is 2.29. The van der Waals surface area contributed by atoms with E-state index in [0.717, 1.165) is 23.3 Å². The molecule has 1 aromatic carbocycles. The zero-order chi connectivity index (χ0) is 22.9. The Hall–Kier alpha value is -2.64. The Labute approximate surface area is 197 Å². The van der Waals surface area contributed by atoms with Crippen LogP contribution in [-0.4, -0.2) is 38.9 Å². The fourth-order valence-electron chi connectivity index (χ4n) is 3.88. The molecular formula is C24H27ClN4O2S. The lowest BCUT2D eigenvalue weighted by molar-refractivity contribution is 0.0718. The molecule has 1 amide bonds. The molecule has 1 aliphatic rings. The molecule has 0 bridgehead atoms. The van der Waals surface area contributed by atoms with Gasteiger partial charge in [0.25, 0.3) is 11.5 Å². The predicted octanol–water partition coefficient (Wildman–Crippen LogP) is 5.10. The molecule has 0 radical (unpaired) electrons. The molecule has 168 valence electrons. The van der Waals surface area contributed by atoms with Gasteiger partial charge in [0.05, 0.1) is 16.0 Å². The normalized spacial score (nSPS) is 15.1. The number of piperidine rings is 1. The first-order chi connectivity index (χ1) is 15.3. The third kappa shape index (κ3) is 4.59. The van der Waals surface area contributed by atoms with Crippen molar-refractivity contribution in [1.29, 1.82) is 0 Å². The summed E-state index contributed by atoms with van der Waals surface area (Å²) in [4.78, 5) is 32.9. The lowest BCUT2D eigenvalue weighted by atomic mass is 10.0. The second kappa shape index (κ2) is 9.08. The molecule has 4 rings (SSSR count). The van der Waals surface area contributed by atoms with Gasteiger partial charge in [-0.15, -0.1) is 0 Å². The van der Waals surface area contributed by atoms with Crippen LogP contribution in [0.1, 0.15) is 44.0 Å². The van der Waals surface area contributed by atoms with Crippen molar-refractivity contribution < 1.29 is 4.79 Å². The summed E-state index contributed by atoms with van der Waals surface area (Å²) in [6.45, 7) is 7.31. The topological polar surface area (TPSA) is 67.2 Å². The number of aromatic nitrogens is 2. The molecule has 0 aliphatic carbocycles. The van der Waals surface area contributed by atoms with Crippen molar-refractivity contribution >= 4 is 34.7 Å². The molecule has 0 spiro atoms. The molecule has 2 aromatic heterocycles. The summed E-state index contributed by atoms with van der Waals surface area (Å²) in [5.74, 6) is -0.0999. The zero-order valence-corrected chi connectivity index (χ0v) is 20.0. The van der Waals surface area contributed by atoms with E-state index in [-0.39, 0.29) is 28.2 Å². The minimum atomic E-state index is -0.302. The van der Waals surface area contributed by atoms with E-state index in [1.54, 1.807) is 23.2 Å². The van der Waals surface area contributed by atoms with Gasteiger partial charge in [-0.3, -0.25) is 13.5 Å². The molecule has 1 aliphatic heterocycles. The van der Waals surface area contributed by atoms with Crippen molar-refractivity contribution in [2.24, 2.45) is 0 Å². The number of anilines is 1. The van der Waals surface area contributed by atoms with E-state index in [1.807, 2.05) is 55.1 Å². The Morgan fingerprint density at radius 2 is 1.81 bits per heavy atom. The number of nitrogens with one attached hydrogen (secondary N) is 1. The highest BCUT2D eigenvalue weighted by atomic mass is 35.5. The first kappa shape index (κ1) is 22.6. The van der Waals surface area contributed by atoms with Crippen LogP contribution in [0.15, 0.2) is 53.5 Å². The number of nitrogens with zero attached hydrogens (tertiary/aromatic N) is 3. The van der Waals surface area contributed by atoms with E-state index in [9.17, 15) is 9.59 Å². The molecule has 32 heavy (non-hydrogen) atoms. The van der Waals surface area contributed by atoms with E-state index >= 15 is 0 Å². The molecule has 0 saturated carbocycles. The third-order valence-corrected chi connectivity index (χ3v) is 7.39. The third-order valence-electron chi connectivity index (χ3n) is 5.57. The van der Waals surface area contributed by atoms with Crippen LogP contribution >= 0.6 is 23.1 Å². The molecule has 1 fully saturated rings. The molecule has 6 nitrogen and oxygen atoms in total. The second-order valence-corrected chi connectivity index (χ2v) is 10.3. The van der Waals surface area contributed by atoms with Gasteiger partial charge in [0.2, 0.25) is 0 Å². The highest BCUT2D eigenvalue weighted by molar-refractivity contribution is 7.11. The number of carbonyl (C=O) groups excluding carboxylic acids is 1. The minimum Gasteiger partial charge on any atom is -0.376 e. The first-order valence-corrected chi connectivity index (χ1v) is 11.9. The first-order valence-electron chi connectivity index (χ1n) is 10.7. The van der Waals surface area contributed by atoms with Crippen LogP contribution < -0.4 is 10.9 Å². The fourth-order valence-corrected chi connectivity index (χ4v) is 5.19. The number of benzene rings is 1. The molecule has 1 saturated heterocycles. The maximum absolute atomic E-state index is 13.3. The van der Waals surface area contributed by atoms with Crippen LogP contribution in [0.3, 0.4) is 0 Å². The van der Waals surface area contributed by atoms with Crippen LogP contribution in [0, 0.1) is 0 Å². The summed E-state index contributed by atoms with van der Waals surface area (Å²) in [5.41, 5.74) is 1.80. The SMILES string of the molecule is CC(C)(C)n1sc(-c2ccccc2)c(NC2CCN(C(=O)c3cccnc3Cl)CC2)c1=O. The van der Waals surface area contributed by atoms with Gasteiger partial charge in [0.1, 0.15) is 10.8 Å². The predicted molar refractivity (Wildman–Crippen MR) is 131 cm³/mol. The van der Waals surface area contributed by atoms with E-state index in [0.29, 0.717) is 24.3 Å². The Balaban J connectivity index is 1.53. The van der Waals surface area contributed by atoms with Crippen LogP contribution in [0.5, 0.6) is 0 Å². The number of carbonyl (C=O) groups is 1. The highest BCUT2D eigenvalue weighted by Crippen LogP contribution is 2.34. The quantitative estimate of drug-likeness (QED) is 0.539. The van der Waals surface area contributed by atoms with Gasteiger partial charge in [-0.25, -0.2) is 4.98 Å². The summed E-state index contributed by atoms with van der Waals surface area (Å²) in [6.07, 6.45) is 3.08. The van der Waals surface area contributed by atoms with Crippen molar-refractivity contribution in [3.63, 3.8) is 0 Å². The van der Waals surface area contributed by atoms with Crippen molar-refractivity contribution in [3.8, 4) is 10.4 Å². The summed E-state index contributed by atoms with van der Waals surface area (Å²) in [6, 6.07) is 13.5. The summed E-state index contributed by atoms with van der Waals surface area (Å²) in [7, 11) is 0. The monoisotopic (exact) mass is 470 g/mol. The largest absolute Gasteiger partial charge is 0.376 e. The standard InChI is InChI=1S/C24H27ClN4O2S/c1-24(2,3)29-23(31)19(20(32-29)16-8-5-4-6-9-16)27-17-11-14-28(15-12-17)22(30)18-10-7-13-26-21(18)25/h4-10,13,17,27H,11-12,14-15H2,1-3H3. The maximum atomic E-state index is 13.3. The average Bonchev–Trinajstić information content (AvgIpc) is 3.11. The van der Waals surface area contributed by atoms with E-state index in [2.05, 4.69) is 10.3 Å². The van der Waals surface area contributed by atoms with Gasteiger partial charge in [-0.2, -0.15) is 0 Å². The fraction of sp³-hybridized carbons (Fsp3) is 0.375. The summed E-state index contributed by atoms with van der Waals surface area (Å²) in [5, 5.41) is 3.75. The van der Waals surface area contributed by atoms with Gasteiger partial charge in [0.15, 0.2) is 0 Å². The number of rotatable bonds is 4.